The summed E-state index contributed by atoms with van der Waals surface area (Å²) in [4.78, 5) is 28.7. The molecule has 5 aromatic rings. The Morgan fingerprint density at radius 2 is 1.31 bits per heavy atom. The first-order valence-electron chi connectivity index (χ1n) is 17.0. The predicted octanol–water partition coefficient (Wildman–Crippen LogP) is 6.87. The highest BCUT2D eigenvalue weighted by molar-refractivity contribution is 5.89. The van der Waals surface area contributed by atoms with Gasteiger partial charge in [-0.05, 0) is 84.9 Å². The first-order valence-corrected chi connectivity index (χ1v) is 17.0. The average Bonchev–Trinajstić information content (AvgIpc) is 3.63. The lowest BCUT2D eigenvalue weighted by Crippen LogP contribution is -2.27. The van der Waals surface area contributed by atoms with Crippen molar-refractivity contribution in [3.63, 3.8) is 0 Å². The molecule has 6 rings (SSSR count). The van der Waals surface area contributed by atoms with E-state index in [4.69, 9.17) is 19.4 Å². The van der Waals surface area contributed by atoms with E-state index in [1.807, 2.05) is 36.5 Å². The van der Waals surface area contributed by atoms with Crippen molar-refractivity contribution in [2.75, 3.05) is 44.1 Å². The van der Waals surface area contributed by atoms with Gasteiger partial charge >= 0.3 is 0 Å². The molecule has 0 saturated carbocycles. The summed E-state index contributed by atoms with van der Waals surface area (Å²) < 4.78 is 12.5. The van der Waals surface area contributed by atoms with Crippen LogP contribution in [0.1, 0.15) is 54.9 Å². The number of ether oxygens (including phenoxy) is 2. The van der Waals surface area contributed by atoms with Gasteiger partial charge in [0.25, 0.3) is 5.56 Å². The van der Waals surface area contributed by atoms with Crippen molar-refractivity contribution < 1.29 is 9.47 Å². The first kappa shape index (κ1) is 33.0. The molecule has 0 unspecified atom stereocenters. The van der Waals surface area contributed by atoms with E-state index >= 15 is 0 Å². The summed E-state index contributed by atoms with van der Waals surface area (Å²) >= 11 is 0. The molecule has 9 heteroatoms. The van der Waals surface area contributed by atoms with Crippen LogP contribution in [-0.4, -0.2) is 53.3 Å². The van der Waals surface area contributed by atoms with E-state index in [1.54, 1.807) is 18.8 Å². The second-order valence-electron chi connectivity index (χ2n) is 12.5. The molecule has 1 aliphatic rings. The lowest BCUT2D eigenvalue weighted by Gasteiger charge is -2.24. The molecule has 1 fully saturated rings. The maximum absolute atomic E-state index is 14.1. The van der Waals surface area contributed by atoms with Gasteiger partial charge in [0.2, 0.25) is 5.95 Å². The van der Waals surface area contributed by atoms with Crippen molar-refractivity contribution in [3.05, 3.63) is 118 Å². The third kappa shape index (κ3) is 8.15. The van der Waals surface area contributed by atoms with Crippen LogP contribution in [-0.2, 0) is 26.2 Å². The molecule has 3 heterocycles. The Kier molecular flexibility index (Phi) is 10.9. The second-order valence-corrected chi connectivity index (χ2v) is 12.5. The van der Waals surface area contributed by atoms with Crippen molar-refractivity contribution in [2.24, 2.45) is 0 Å². The van der Waals surface area contributed by atoms with Gasteiger partial charge in [0.05, 0.1) is 26.3 Å². The van der Waals surface area contributed by atoms with Crippen LogP contribution in [0.15, 0.2) is 89.9 Å². The Labute approximate surface area is 283 Å². The standard InChI is InChI=1S/C39H46N6O3/c1-4-5-21-40-37-36-35(20-24-44(38(36)46)26-30-10-8-29(9-11-30)25-43-22-6-7-23-43)41-39(42-37)45(27-31-12-16-33(47-2)17-13-31)28-32-14-18-34(48-3)19-15-32/h8-20,24H,4-7,21-23,25-28H2,1-3H3,(H,40,41,42). The Morgan fingerprint density at radius 1 is 0.750 bits per heavy atom. The summed E-state index contributed by atoms with van der Waals surface area (Å²) in [7, 11) is 3.34. The lowest BCUT2D eigenvalue weighted by atomic mass is 10.1. The third-order valence-corrected chi connectivity index (χ3v) is 8.96. The topological polar surface area (TPSA) is 84.8 Å². The molecule has 0 bridgehead atoms. The number of pyridine rings is 1. The van der Waals surface area contributed by atoms with E-state index in [9.17, 15) is 4.79 Å². The number of anilines is 2. The Morgan fingerprint density at radius 3 is 1.88 bits per heavy atom. The molecule has 1 aliphatic heterocycles. The maximum atomic E-state index is 14.1. The number of benzene rings is 3. The van der Waals surface area contributed by atoms with E-state index in [0.717, 1.165) is 47.6 Å². The molecule has 250 valence electrons. The minimum Gasteiger partial charge on any atom is -0.497 e. The number of fused-ring (bicyclic) bond motifs is 1. The van der Waals surface area contributed by atoms with Gasteiger partial charge in [0.15, 0.2) is 0 Å². The van der Waals surface area contributed by atoms with Crippen LogP contribution in [0.25, 0.3) is 10.9 Å². The predicted molar refractivity (Wildman–Crippen MR) is 193 cm³/mol. The normalized spacial score (nSPS) is 13.1. The van der Waals surface area contributed by atoms with Crippen LogP contribution in [0.4, 0.5) is 11.8 Å². The van der Waals surface area contributed by atoms with Crippen molar-refractivity contribution in [3.8, 4) is 11.5 Å². The summed E-state index contributed by atoms with van der Waals surface area (Å²) in [6, 6.07) is 26.7. The summed E-state index contributed by atoms with van der Waals surface area (Å²) in [6.45, 7) is 7.82. The quantitative estimate of drug-likeness (QED) is 0.123. The van der Waals surface area contributed by atoms with E-state index in [1.165, 1.54) is 31.5 Å². The van der Waals surface area contributed by atoms with Gasteiger partial charge in [-0.25, -0.2) is 4.98 Å². The average molecular weight is 647 g/mol. The monoisotopic (exact) mass is 646 g/mol. The summed E-state index contributed by atoms with van der Waals surface area (Å²) in [5.41, 5.74) is 5.10. The van der Waals surface area contributed by atoms with Gasteiger partial charge in [0.1, 0.15) is 22.7 Å². The maximum Gasteiger partial charge on any atom is 0.264 e. The number of unbranched alkanes of at least 4 members (excludes halogenated alkanes) is 1. The molecule has 0 spiro atoms. The molecular formula is C39H46N6O3. The molecule has 0 atom stereocenters. The van der Waals surface area contributed by atoms with E-state index < -0.39 is 0 Å². The zero-order valence-corrected chi connectivity index (χ0v) is 28.3. The molecule has 1 N–H and O–H groups in total. The van der Waals surface area contributed by atoms with Crippen LogP contribution in [0.5, 0.6) is 11.5 Å². The molecule has 1 saturated heterocycles. The fraction of sp³-hybridized carbons (Fsp3) is 0.359. The smallest absolute Gasteiger partial charge is 0.264 e. The van der Waals surface area contributed by atoms with Gasteiger partial charge in [-0.2, -0.15) is 4.98 Å². The number of rotatable bonds is 15. The number of likely N-dealkylation sites (tertiary alicyclic amines) is 1. The van der Waals surface area contributed by atoms with Gasteiger partial charge in [-0.1, -0.05) is 61.9 Å². The Bertz CT molecular complexity index is 1780. The van der Waals surface area contributed by atoms with E-state index in [0.29, 0.717) is 48.8 Å². The minimum absolute atomic E-state index is 0.101. The van der Waals surface area contributed by atoms with Gasteiger partial charge in [-0.3, -0.25) is 9.69 Å². The Balaban J connectivity index is 1.33. The van der Waals surface area contributed by atoms with E-state index in [2.05, 4.69) is 70.6 Å². The third-order valence-electron chi connectivity index (χ3n) is 8.96. The highest BCUT2D eigenvalue weighted by Crippen LogP contribution is 2.25. The molecule has 9 nitrogen and oxygen atoms in total. The first-order chi connectivity index (χ1) is 23.5. The molecule has 0 amide bonds. The Hall–Kier alpha value is -4.89. The summed E-state index contributed by atoms with van der Waals surface area (Å²) in [6.07, 6.45) is 6.42. The number of methoxy groups -OCH3 is 2. The fourth-order valence-electron chi connectivity index (χ4n) is 6.19. The minimum atomic E-state index is -0.101. The summed E-state index contributed by atoms with van der Waals surface area (Å²) in [5, 5.41) is 4.00. The SMILES string of the molecule is CCCCNc1nc(N(Cc2ccc(OC)cc2)Cc2ccc(OC)cc2)nc2ccn(Cc3ccc(CN4CCCC4)cc3)c(=O)c12. The van der Waals surface area contributed by atoms with Gasteiger partial charge < -0.3 is 24.3 Å². The van der Waals surface area contributed by atoms with Crippen molar-refractivity contribution in [1.82, 2.24) is 19.4 Å². The number of hydrogen-bond donors (Lipinski definition) is 1. The molecule has 0 aliphatic carbocycles. The van der Waals surface area contributed by atoms with Gasteiger partial charge in [-0.15, -0.1) is 0 Å². The van der Waals surface area contributed by atoms with Crippen molar-refractivity contribution in [1.29, 1.82) is 0 Å². The van der Waals surface area contributed by atoms with Crippen LogP contribution in [0, 0.1) is 0 Å². The number of nitrogens with zero attached hydrogens (tertiary/aromatic N) is 5. The molecule has 48 heavy (non-hydrogen) atoms. The zero-order chi connectivity index (χ0) is 33.3. The molecule has 2 aromatic heterocycles. The molecule has 3 aromatic carbocycles. The van der Waals surface area contributed by atoms with Crippen LogP contribution in [0.2, 0.25) is 0 Å². The molecular weight excluding hydrogens is 600 g/mol. The number of aromatic nitrogens is 3. The van der Waals surface area contributed by atoms with Crippen LogP contribution < -0.4 is 25.2 Å². The number of nitrogens with one attached hydrogen (secondary N) is 1. The van der Waals surface area contributed by atoms with Crippen molar-refractivity contribution >= 4 is 22.7 Å². The highest BCUT2D eigenvalue weighted by Gasteiger charge is 2.19. The number of hydrogen-bond acceptors (Lipinski definition) is 8. The fourth-order valence-corrected chi connectivity index (χ4v) is 6.19. The zero-order valence-electron chi connectivity index (χ0n) is 28.3. The van der Waals surface area contributed by atoms with E-state index in [-0.39, 0.29) is 5.56 Å². The van der Waals surface area contributed by atoms with Crippen LogP contribution in [0.3, 0.4) is 0 Å². The largest absolute Gasteiger partial charge is 0.497 e. The molecule has 0 radical (unpaired) electrons. The highest BCUT2D eigenvalue weighted by atomic mass is 16.5. The van der Waals surface area contributed by atoms with Gasteiger partial charge in [0, 0.05) is 32.4 Å². The summed E-state index contributed by atoms with van der Waals surface area (Å²) in [5.74, 6) is 2.73. The lowest BCUT2D eigenvalue weighted by molar-refractivity contribution is 0.331. The second kappa shape index (κ2) is 15.8. The van der Waals surface area contributed by atoms with Crippen LogP contribution >= 0.6 is 0 Å². The van der Waals surface area contributed by atoms with Crippen molar-refractivity contribution in [2.45, 2.75) is 58.8 Å².